The van der Waals surface area contributed by atoms with Crippen LogP contribution in [0.4, 0.5) is 0 Å². The van der Waals surface area contributed by atoms with E-state index in [0.717, 1.165) is 23.2 Å². The van der Waals surface area contributed by atoms with E-state index >= 15 is 0 Å². The van der Waals surface area contributed by atoms with E-state index in [-0.39, 0.29) is 0 Å². The number of hydrogen-bond donors (Lipinski definition) is 0. The lowest BCUT2D eigenvalue weighted by Crippen LogP contribution is -2.13. The summed E-state index contributed by atoms with van der Waals surface area (Å²) in [5.41, 5.74) is 0. The number of thiocarbonyl (C=S) groups is 1. The lowest BCUT2D eigenvalue weighted by atomic mass is 10.8. The molecule has 1 aliphatic rings. The molecule has 1 heterocycles. The van der Waals surface area contributed by atoms with Crippen LogP contribution in [0.25, 0.3) is 0 Å². The standard InChI is InChI=1S/C4H6OS2/c6-4-3-7-2-1-5-4/h1-3H2. The first kappa shape index (κ1) is 5.38. The molecule has 1 nitrogen and oxygen atoms in total. The molecule has 3 heteroatoms. The number of ether oxygens (including phenoxy) is 1. The van der Waals surface area contributed by atoms with Gasteiger partial charge in [-0.1, -0.05) is 0 Å². The molecule has 1 fully saturated rings. The fourth-order valence-electron chi connectivity index (χ4n) is 0.412. The van der Waals surface area contributed by atoms with Crippen molar-refractivity contribution in [3.63, 3.8) is 0 Å². The normalized spacial score (nSPS) is 21.4. The summed E-state index contributed by atoms with van der Waals surface area (Å²) in [4.78, 5) is 0. The molecule has 7 heavy (non-hydrogen) atoms. The van der Waals surface area contributed by atoms with Crippen LogP contribution in [-0.2, 0) is 4.74 Å². The first-order valence-electron chi connectivity index (χ1n) is 2.13. The minimum atomic E-state index is 0.760. The molecule has 0 N–H and O–H groups in total. The van der Waals surface area contributed by atoms with E-state index in [2.05, 4.69) is 0 Å². The fourth-order valence-corrected chi connectivity index (χ4v) is 1.34. The van der Waals surface area contributed by atoms with E-state index in [0.29, 0.717) is 0 Å². The highest BCUT2D eigenvalue weighted by Crippen LogP contribution is 2.07. The lowest BCUT2D eigenvalue weighted by Gasteiger charge is -2.11. The zero-order valence-corrected chi connectivity index (χ0v) is 5.48. The SMILES string of the molecule is S=C1CSCCO1. The molecule has 0 amide bonds. The Morgan fingerprint density at radius 3 is 2.86 bits per heavy atom. The van der Waals surface area contributed by atoms with Gasteiger partial charge in [0.1, 0.15) is 0 Å². The van der Waals surface area contributed by atoms with Crippen LogP contribution < -0.4 is 0 Å². The van der Waals surface area contributed by atoms with Gasteiger partial charge >= 0.3 is 0 Å². The minimum Gasteiger partial charge on any atom is -0.485 e. The van der Waals surface area contributed by atoms with Gasteiger partial charge in [-0.15, -0.1) is 11.8 Å². The molecular formula is C4H6OS2. The Morgan fingerprint density at radius 1 is 1.71 bits per heavy atom. The monoisotopic (exact) mass is 134 g/mol. The molecule has 1 aliphatic heterocycles. The topological polar surface area (TPSA) is 9.23 Å². The van der Waals surface area contributed by atoms with Crippen LogP contribution in [0.2, 0.25) is 0 Å². The van der Waals surface area contributed by atoms with Gasteiger partial charge in [-0.3, -0.25) is 0 Å². The highest BCUT2D eigenvalue weighted by Gasteiger charge is 2.03. The molecule has 0 aromatic rings. The summed E-state index contributed by atoms with van der Waals surface area (Å²) in [6.07, 6.45) is 0. The predicted octanol–water partition coefficient (Wildman–Crippen LogP) is 1.08. The van der Waals surface area contributed by atoms with Crippen molar-refractivity contribution in [2.24, 2.45) is 0 Å². The van der Waals surface area contributed by atoms with Crippen molar-refractivity contribution in [1.82, 2.24) is 0 Å². The van der Waals surface area contributed by atoms with Gasteiger partial charge in [0.2, 0.25) is 0 Å². The third-order valence-corrected chi connectivity index (χ3v) is 2.08. The van der Waals surface area contributed by atoms with Crippen LogP contribution in [0.5, 0.6) is 0 Å². The molecule has 0 bridgehead atoms. The number of hydrogen-bond acceptors (Lipinski definition) is 3. The van der Waals surface area contributed by atoms with Gasteiger partial charge in [-0.05, 0) is 12.2 Å². The van der Waals surface area contributed by atoms with Crippen molar-refractivity contribution < 1.29 is 4.74 Å². The maximum absolute atomic E-state index is 4.99. The number of thioether (sulfide) groups is 1. The van der Waals surface area contributed by atoms with Crippen molar-refractivity contribution in [3.8, 4) is 0 Å². The second kappa shape index (κ2) is 2.52. The molecule has 0 spiro atoms. The Balaban J connectivity index is 2.25. The highest BCUT2D eigenvalue weighted by atomic mass is 32.2. The molecule has 0 aromatic carbocycles. The average Bonchev–Trinajstić information content (AvgIpc) is 1.69. The lowest BCUT2D eigenvalue weighted by molar-refractivity contribution is 0.334. The molecule has 0 aliphatic carbocycles. The smallest absolute Gasteiger partial charge is 0.169 e. The van der Waals surface area contributed by atoms with Gasteiger partial charge in [0.25, 0.3) is 0 Å². The van der Waals surface area contributed by atoms with Crippen molar-refractivity contribution in [1.29, 1.82) is 0 Å². The first-order chi connectivity index (χ1) is 3.39. The molecule has 0 unspecified atom stereocenters. The second-order valence-corrected chi connectivity index (χ2v) is 2.83. The predicted molar refractivity (Wildman–Crippen MR) is 35.9 cm³/mol. The first-order valence-corrected chi connectivity index (χ1v) is 3.69. The molecular weight excluding hydrogens is 128 g/mol. The maximum atomic E-state index is 4.99. The van der Waals surface area contributed by atoms with Gasteiger partial charge in [-0.2, -0.15) is 0 Å². The van der Waals surface area contributed by atoms with E-state index in [4.69, 9.17) is 17.0 Å². The van der Waals surface area contributed by atoms with Gasteiger partial charge in [0, 0.05) is 5.75 Å². The summed E-state index contributed by atoms with van der Waals surface area (Å²) in [5, 5.41) is 0.760. The second-order valence-electron chi connectivity index (χ2n) is 1.27. The summed E-state index contributed by atoms with van der Waals surface area (Å²) in [6.45, 7) is 0.809. The van der Waals surface area contributed by atoms with Crippen molar-refractivity contribution in [2.45, 2.75) is 0 Å². The van der Waals surface area contributed by atoms with Gasteiger partial charge < -0.3 is 4.74 Å². The Hall–Kier alpha value is 0.240. The molecule has 1 saturated heterocycles. The Labute approximate surface area is 52.4 Å². The zero-order chi connectivity index (χ0) is 5.11. The van der Waals surface area contributed by atoms with Crippen LogP contribution in [0.3, 0.4) is 0 Å². The molecule has 0 saturated carbocycles. The van der Waals surface area contributed by atoms with E-state index in [1.807, 2.05) is 11.8 Å². The van der Waals surface area contributed by atoms with Crippen LogP contribution in [0.1, 0.15) is 0 Å². The van der Waals surface area contributed by atoms with Crippen molar-refractivity contribution >= 4 is 29.0 Å². The fraction of sp³-hybridized carbons (Fsp3) is 0.750. The maximum Gasteiger partial charge on any atom is 0.169 e. The molecule has 0 aromatic heterocycles. The van der Waals surface area contributed by atoms with Crippen molar-refractivity contribution in [2.75, 3.05) is 18.1 Å². The molecule has 1 rings (SSSR count). The molecule has 0 radical (unpaired) electrons. The quantitative estimate of drug-likeness (QED) is 0.459. The van der Waals surface area contributed by atoms with Crippen LogP contribution in [-0.4, -0.2) is 23.2 Å². The van der Waals surface area contributed by atoms with E-state index in [9.17, 15) is 0 Å². The van der Waals surface area contributed by atoms with Gasteiger partial charge in [-0.25, -0.2) is 0 Å². The largest absolute Gasteiger partial charge is 0.485 e. The molecule has 0 atom stereocenters. The average molecular weight is 134 g/mol. The molecule has 40 valence electrons. The summed E-state index contributed by atoms with van der Waals surface area (Å²) >= 11 is 6.60. The summed E-state index contributed by atoms with van der Waals surface area (Å²) in [6, 6.07) is 0. The van der Waals surface area contributed by atoms with Crippen molar-refractivity contribution in [3.05, 3.63) is 0 Å². The summed E-state index contributed by atoms with van der Waals surface area (Å²) in [7, 11) is 0. The van der Waals surface area contributed by atoms with E-state index in [1.165, 1.54) is 0 Å². The Bertz CT molecular complexity index is 73.8. The Kier molecular flexibility index (Phi) is 1.94. The highest BCUT2D eigenvalue weighted by molar-refractivity contribution is 8.01. The summed E-state index contributed by atoms with van der Waals surface area (Å²) < 4.78 is 4.99. The van der Waals surface area contributed by atoms with Crippen LogP contribution in [0, 0.1) is 0 Å². The van der Waals surface area contributed by atoms with Gasteiger partial charge in [0.15, 0.2) is 5.05 Å². The third kappa shape index (κ3) is 1.65. The number of rotatable bonds is 0. The van der Waals surface area contributed by atoms with Crippen LogP contribution in [0.15, 0.2) is 0 Å². The third-order valence-electron chi connectivity index (χ3n) is 0.711. The Morgan fingerprint density at radius 2 is 2.57 bits per heavy atom. The zero-order valence-electron chi connectivity index (χ0n) is 3.85. The minimum absolute atomic E-state index is 0.760. The van der Waals surface area contributed by atoms with E-state index in [1.54, 1.807) is 0 Å². The summed E-state index contributed by atoms with van der Waals surface area (Å²) in [5.74, 6) is 2.01. The van der Waals surface area contributed by atoms with E-state index < -0.39 is 0 Å². The van der Waals surface area contributed by atoms with Crippen LogP contribution >= 0.6 is 24.0 Å². The van der Waals surface area contributed by atoms with Gasteiger partial charge in [0.05, 0.1) is 12.4 Å².